The number of nitrogens with zero attached hydrogens (tertiary/aromatic N) is 4. The molecule has 1 N–H and O–H groups in total. The maximum absolute atomic E-state index is 12.8. The van der Waals surface area contributed by atoms with Crippen LogP contribution in [0.2, 0.25) is 0 Å². The highest BCUT2D eigenvalue weighted by molar-refractivity contribution is 6.02. The molecule has 0 bridgehead atoms. The van der Waals surface area contributed by atoms with Crippen molar-refractivity contribution in [2.24, 2.45) is 0 Å². The van der Waals surface area contributed by atoms with E-state index in [1.165, 1.54) is 6.07 Å². The van der Waals surface area contributed by atoms with Gasteiger partial charge in [-0.05, 0) is 36.8 Å². The molecule has 4 rings (SSSR count). The Morgan fingerprint density at radius 2 is 1.90 bits per heavy atom. The molecule has 2 aromatic carbocycles. The zero-order valence-corrected chi connectivity index (χ0v) is 15.8. The third-order valence-electron chi connectivity index (χ3n) is 4.43. The molecule has 1 amide bonds. The molecule has 0 saturated heterocycles. The molecule has 7 nitrogen and oxygen atoms in total. The van der Waals surface area contributed by atoms with E-state index >= 15 is 0 Å². The van der Waals surface area contributed by atoms with Gasteiger partial charge in [0.1, 0.15) is 0 Å². The van der Waals surface area contributed by atoms with E-state index in [2.05, 4.69) is 15.4 Å². The normalized spacial score (nSPS) is 10.7. The van der Waals surface area contributed by atoms with E-state index < -0.39 is 11.3 Å². The molecule has 0 aliphatic heterocycles. The maximum atomic E-state index is 12.8. The van der Waals surface area contributed by atoms with E-state index in [0.717, 1.165) is 11.3 Å². The van der Waals surface area contributed by atoms with E-state index in [0.29, 0.717) is 17.9 Å². The van der Waals surface area contributed by atoms with Crippen LogP contribution in [-0.2, 0) is 6.54 Å². The van der Waals surface area contributed by atoms with Crippen molar-refractivity contribution in [2.45, 2.75) is 13.5 Å². The van der Waals surface area contributed by atoms with Gasteiger partial charge in [0.05, 0.1) is 12.0 Å². The van der Waals surface area contributed by atoms with Crippen LogP contribution >= 0.6 is 0 Å². The zero-order valence-electron chi connectivity index (χ0n) is 15.8. The first-order chi connectivity index (χ1) is 14.1. The molecular formula is C22H19N5O2. The molecule has 0 atom stereocenters. The summed E-state index contributed by atoms with van der Waals surface area (Å²) in [5, 5.41) is 7.08. The second-order valence-electron chi connectivity index (χ2n) is 6.64. The number of nitrogens with one attached hydrogen (secondary N) is 1. The van der Waals surface area contributed by atoms with Crippen LogP contribution in [0.5, 0.6) is 0 Å². The Morgan fingerprint density at radius 3 is 2.66 bits per heavy atom. The molecule has 144 valence electrons. The Morgan fingerprint density at radius 1 is 1.07 bits per heavy atom. The van der Waals surface area contributed by atoms with Crippen LogP contribution in [0.4, 0.5) is 5.69 Å². The highest BCUT2D eigenvalue weighted by atomic mass is 16.2. The Balaban J connectivity index is 1.60. The number of imidazole rings is 1. The Kier molecular flexibility index (Phi) is 5.03. The molecule has 0 aliphatic carbocycles. The van der Waals surface area contributed by atoms with Gasteiger partial charge in [-0.15, -0.1) is 0 Å². The van der Waals surface area contributed by atoms with Gasteiger partial charge in [-0.2, -0.15) is 5.10 Å². The number of rotatable bonds is 5. The summed E-state index contributed by atoms with van der Waals surface area (Å²) in [7, 11) is 0. The third-order valence-corrected chi connectivity index (χ3v) is 4.43. The van der Waals surface area contributed by atoms with Crippen molar-refractivity contribution in [3.8, 4) is 5.69 Å². The molecule has 0 aliphatic rings. The first kappa shape index (κ1) is 18.4. The lowest BCUT2D eigenvalue weighted by Crippen LogP contribution is -2.26. The number of amides is 1. The van der Waals surface area contributed by atoms with Crippen molar-refractivity contribution < 1.29 is 4.79 Å². The lowest BCUT2D eigenvalue weighted by molar-refractivity contribution is 0.101. The van der Waals surface area contributed by atoms with Crippen LogP contribution in [0, 0.1) is 6.92 Å². The quantitative estimate of drug-likeness (QED) is 0.572. The molecule has 29 heavy (non-hydrogen) atoms. The second-order valence-corrected chi connectivity index (χ2v) is 6.64. The summed E-state index contributed by atoms with van der Waals surface area (Å²) in [6.45, 7) is 2.41. The molecule has 0 radical (unpaired) electrons. The number of aromatic nitrogens is 4. The number of aryl methyl sites for hydroxylation is 1. The highest BCUT2D eigenvalue weighted by Crippen LogP contribution is 2.13. The lowest BCUT2D eigenvalue weighted by atomic mass is 10.2. The number of hydrogen-bond acceptors (Lipinski definition) is 4. The van der Waals surface area contributed by atoms with Gasteiger partial charge < -0.3 is 9.88 Å². The monoisotopic (exact) mass is 385 g/mol. The minimum Gasteiger partial charge on any atom is -0.333 e. The fourth-order valence-corrected chi connectivity index (χ4v) is 3.06. The molecule has 0 saturated carbocycles. The van der Waals surface area contributed by atoms with Gasteiger partial charge in [-0.3, -0.25) is 9.59 Å². The van der Waals surface area contributed by atoms with E-state index in [9.17, 15) is 9.59 Å². The maximum Gasteiger partial charge on any atom is 0.280 e. The standard InChI is InChI=1S/C22H19N5O2/c1-16-12-20(28)21(25-27(16)19-8-3-2-4-9-19)22(29)24-18-7-5-6-17(13-18)14-26-11-10-23-15-26/h2-13,15H,14H2,1H3,(H,24,29). The van der Waals surface area contributed by atoms with Gasteiger partial charge in [-0.25, -0.2) is 9.67 Å². The number of para-hydroxylation sites is 1. The van der Waals surface area contributed by atoms with Crippen LogP contribution in [0.25, 0.3) is 5.69 Å². The largest absolute Gasteiger partial charge is 0.333 e. The summed E-state index contributed by atoms with van der Waals surface area (Å²) in [6.07, 6.45) is 5.31. The minimum absolute atomic E-state index is 0.153. The van der Waals surface area contributed by atoms with Crippen LogP contribution in [0.3, 0.4) is 0 Å². The minimum atomic E-state index is -0.542. The van der Waals surface area contributed by atoms with Crippen molar-refractivity contribution >= 4 is 11.6 Å². The van der Waals surface area contributed by atoms with Gasteiger partial charge in [-0.1, -0.05) is 30.3 Å². The Labute approximate surface area is 167 Å². The smallest absolute Gasteiger partial charge is 0.280 e. The van der Waals surface area contributed by atoms with Crippen molar-refractivity contribution in [2.75, 3.05) is 5.32 Å². The average Bonchev–Trinajstić information content (AvgIpc) is 3.22. The summed E-state index contributed by atoms with van der Waals surface area (Å²) >= 11 is 0. The first-order valence-corrected chi connectivity index (χ1v) is 9.12. The van der Waals surface area contributed by atoms with Gasteiger partial charge >= 0.3 is 0 Å². The summed E-state index contributed by atoms with van der Waals surface area (Å²) in [4.78, 5) is 29.2. The molecule has 2 aromatic heterocycles. The highest BCUT2D eigenvalue weighted by Gasteiger charge is 2.15. The van der Waals surface area contributed by atoms with Gasteiger partial charge in [0.25, 0.3) is 5.91 Å². The van der Waals surface area contributed by atoms with E-state index in [4.69, 9.17) is 0 Å². The van der Waals surface area contributed by atoms with E-state index in [1.54, 1.807) is 30.2 Å². The number of benzene rings is 2. The number of hydrogen-bond donors (Lipinski definition) is 1. The average molecular weight is 385 g/mol. The van der Waals surface area contributed by atoms with E-state index in [-0.39, 0.29) is 5.69 Å². The summed E-state index contributed by atoms with van der Waals surface area (Å²) in [5.41, 5.74) is 2.46. The van der Waals surface area contributed by atoms with Crippen molar-refractivity contribution in [3.63, 3.8) is 0 Å². The van der Waals surface area contributed by atoms with Gasteiger partial charge in [0.15, 0.2) is 5.69 Å². The topological polar surface area (TPSA) is 81.8 Å². The molecule has 0 unspecified atom stereocenters. The fourth-order valence-electron chi connectivity index (χ4n) is 3.06. The number of carbonyl (C=O) groups excluding carboxylic acids is 1. The molecule has 7 heteroatoms. The van der Waals surface area contributed by atoms with Crippen LogP contribution in [0.1, 0.15) is 21.7 Å². The van der Waals surface area contributed by atoms with Crippen molar-refractivity contribution in [3.05, 3.63) is 107 Å². The number of carbonyl (C=O) groups is 1. The summed E-state index contributed by atoms with van der Waals surface area (Å²) < 4.78 is 3.52. The predicted octanol–water partition coefficient (Wildman–Crippen LogP) is 3.04. The Bertz CT molecular complexity index is 1200. The van der Waals surface area contributed by atoms with Crippen LogP contribution in [-0.4, -0.2) is 25.2 Å². The van der Waals surface area contributed by atoms with Crippen molar-refractivity contribution in [1.29, 1.82) is 0 Å². The van der Waals surface area contributed by atoms with Gasteiger partial charge in [0.2, 0.25) is 5.43 Å². The molecular weight excluding hydrogens is 366 g/mol. The van der Waals surface area contributed by atoms with Crippen molar-refractivity contribution in [1.82, 2.24) is 19.3 Å². The predicted molar refractivity (Wildman–Crippen MR) is 110 cm³/mol. The number of anilines is 1. The first-order valence-electron chi connectivity index (χ1n) is 9.12. The fraction of sp³-hybridized carbons (Fsp3) is 0.0909. The SMILES string of the molecule is Cc1cc(=O)c(C(=O)Nc2cccc(Cn3ccnc3)c2)nn1-c1ccccc1. The summed E-state index contributed by atoms with van der Waals surface area (Å²) in [5.74, 6) is -0.542. The summed E-state index contributed by atoms with van der Waals surface area (Å²) in [6, 6.07) is 18.3. The third kappa shape index (κ3) is 4.14. The van der Waals surface area contributed by atoms with E-state index in [1.807, 2.05) is 59.3 Å². The second kappa shape index (κ2) is 7.93. The zero-order chi connectivity index (χ0) is 20.2. The lowest BCUT2D eigenvalue weighted by Gasteiger charge is -2.12. The molecule has 4 aromatic rings. The van der Waals surface area contributed by atoms with Gasteiger partial charge in [0, 0.05) is 36.4 Å². The molecule has 0 fully saturated rings. The van der Waals surface area contributed by atoms with Crippen LogP contribution in [0.15, 0.2) is 84.2 Å². The van der Waals surface area contributed by atoms with Crippen LogP contribution < -0.4 is 10.7 Å². The molecule has 2 heterocycles. The Hall–Kier alpha value is -4.00. The molecule has 0 spiro atoms.